The molecule has 0 amide bonds. The van der Waals surface area contributed by atoms with Gasteiger partial charge in [0.25, 0.3) is 0 Å². The number of hydrogen-bond donors (Lipinski definition) is 1. The van der Waals surface area contributed by atoms with E-state index < -0.39 is 5.97 Å². The van der Waals surface area contributed by atoms with E-state index in [-0.39, 0.29) is 12.2 Å². The Balaban J connectivity index is 2.32. The molecule has 1 N–H and O–H groups in total. The molecule has 1 heterocycles. The lowest BCUT2D eigenvalue weighted by molar-refractivity contribution is -0.136. The summed E-state index contributed by atoms with van der Waals surface area (Å²) >= 11 is 1.28. The normalized spacial score (nSPS) is 10.1. The first-order valence-corrected chi connectivity index (χ1v) is 5.94. The Labute approximate surface area is 102 Å². The van der Waals surface area contributed by atoms with Gasteiger partial charge >= 0.3 is 5.97 Å². The van der Waals surface area contributed by atoms with Gasteiger partial charge in [-0.25, -0.2) is 0 Å². The van der Waals surface area contributed by atoms with Gasteiger partial charge in [-0.1, -0.05) is 30.3 Å². The SMILES string of the molecule is O=C(O)Cc1ccsc1C(=O)c1ccccc1. The Kier molecular flexibility index (Phi) is 3.35. The summed E-state index contributed by atoms with van der Waals surface area (Å²) in [4.78, 5) is 23.3. The number of ketones is 1. The van der Waals surface area contributed by atoms with Crippen molar-refractivity contribution in [3.63, 3.8) is 0 Å². The van der Waals surface area contributed by atoms with E-state index in [0.29, 0.717) is 16.0 Å². The van der Waals surface area contributed by atoms with Gasteiger partial charge in [-0.3, -0.25) is 9.59 Å². The Morgan fingerprint density at radius 1 is 1.12 bits per heavy atom. The van der Waals surface area contributed by atoms with Crippen LogP contribution in [0, 0.1) is 0 Å². The Bertz CT molecular complexity index is 543. The quantitative estimate of drug-likeness (QED) is 0.844. The fraction of sp³-hybridized carbons (Fsp3) is 0.0769. The second-order valence-corrected chi connectivity index (χ2v) is 4.46. The molecule has 0 radical (unpaired) electrons. The fourth-order valence-electron chi connectivity index (χ4n) is 1.56. The summed E-state index contributed by atoms with van der Waals surface area (Å²) in [6, 6.07) is 10.6. The van der Waals surface area contributed by atoms with Crippen LogP contribution in [0.3, 0.4) is 0 Å². The molecule has 1 aromatic carbocycles. The number of aliphatic carboxylic acids is 1. The van der Waals surface area contributed by atoms with E-state index in [1.807, 2.05) is 6.07 Å². The van der Waals surface area contributed by atoms with Crippen molar-refractivity contribution >= 4 is 23.1 Å². The predicted molar refractivity (Wildman–Crippen MR) is 65.5 cm³/mol. The molecule has 0 unspecified atom stereocenters. The summed E-state index contributed by atoms with van der Waals surface area (Å²) in [7, 11) is 0. The van der Waals surface area contributed by atoms with Gasteiger partial charge in [0.2, 0.25) is 5.78 Å². The van der Waals surface area contributed by atoms with Crippen LogP contribution in [0.2, 0.25) is 0 Å². The highest BCUT2D eigenvalue weighted by Gasteiger charge is 2.16. The molecule has 17 heavy (non-hydrogen) atoms. The maximum Gasteiger partial charge on any atom is 0.307 e. The van der Waals surface area contributed by atoms with Crippen LogP contribution in [0.25, 0.3) is 0 Å². The number of benzene rings is 1. The molecule has 0 atom stereocenters. The second kappa shape index (κ2) is 4.93. The van der Waals surface area contributed by atoms with Crippen molar-refractivity contribution in [2.75, 3.05) is 0 Å². The molecular formula is C13H10O3S. The van der Waals surface area contributed by atoms with Gasteiger partial charge in [0.05, 0.1) is 11.3 Å². The van der Waals surface area contributed by atoms with Crippen molar-refractivity contribution < 1.29 is 14.7 Å². The predicted octanol–water partition coefficient (Wildman–Crippen LogP) is 2.61. The number of carboxylic acid groups (broad SMARTS) is 1. The zero-order chi connectivity index (χ0) is 12.3. The molecule has 0 spiro atoms. The average Bonchev–Trinajstić information content (AvgIpc) is 2.76. The first kappa shape index (κ1) is 11.5. The summed E-state index contributed by atoms with van der Waals surface area (Å²) in [6.07, 6.45) is -0.114. The van der Waals surface area contributed by atoms with Crippen molar-refractivity contribution in [3.8, 4) is 0 Å². The van der Waals surface area contributed by atoms with Gasteiger partial charge in [0.15, 0.2) is 0 Å². The maximum atomic E-state index is 12.1. The minimum atomic E-state index is -0.925. The lowest BCUT2D eigenvalue weighted by Gasteiger charge is -2.01. The molecule has 0 bridgehead atoms. The van der Waals surface area contributed by atoms with Crippen LogP contribution < -0.4 is 0 Å². The molecular weight excluding hydrogens is 236 g/mol. The molecule has 0 saturated heterocycles. The molecule has 0 fully saturated rings. The maximum absolute atomic E-state index is 12.1. The lowest BCUT2D eigenvalue weighted by atomic mass is 10.1. The number of rotatable bonds is 4. The second-order valence-electron chi connectivity index (χ2n) is 3.54. The lowest BCUT2D eigenvalue weighted by Crippen LogP contribution is -2.06. The molecule has 2 aromatic rings. The van der Waals surface area contributed by atoms with Crippen LogP contribution in [-0.2, 0) is 11.2 Å². The van der Waals surface area contributed by atoms with Gasteiger partial charge in [-0.15, -0.1) is 11.3 Å². The highest BCUT2D eigenvalue weighted by atomic mass is 32.1. The van der Waals surface area contributed by atoms with Crippen molar-refractivity contribution in [1.29, 1.82) is 0 Å². The molecule has 0 aliphatic rings. The highest BCUT2D eigenvalue weighted by Crippen LogP contribution is 2.21. The van der Waals surface area contributed by atoms with E-state index in [9.17, 15) is 9.59 Å². The van der Waals surface area contributed by atoms with E-state index in [4.69, 9.17) is 5.11 Å². The van der Waals surface area contributed by atoms with E-state index in [1.165, 1.54) is 11.3 Å². The molecule has 0 aliphatic carbocycles. The Morgan fingerprint density at radius 2 is 1.82 bits per heavy atom. The molecule has 2 rings (SSSR count). The highest BCUT2D eigenvalue weighted by molar-refractivity contribution is 7.12. The van der Waals surface area contributed by atoms with E-state index in [0.717, 1.165) is 0 Å². The summed E-state index contributed by atoms with van der Waals surface area (Å²) in [5.74, 6) is -1.04. The molecule has 1 aromatic heterocycles. The zero-order valence-electron chi connectivity index (χ0n) is 8.92. The number of thiophene rings is 1. The first-order chi connectivity index (χ1) is 8.18. The molecule has 0 saturated carbocycles. The monoisotopic (exact) mass is 246 g/mol. The third-order valence-corrected chi connectivity index (χ3v) is 3.29. The number of hydrogen-bond acceptors (Lipinski definition) is 3. The molecule has 0 aliphatic heterocycles. The fourth-order valence-corrected chi connectivity index (χ4v) is 2.44. The van der Waals surface area contributed by atoms with E-state index >= 15 is 0 Å². The minimum Gasteiger partial charge on any atom is -0.481 e. The summed E-state index contributed by atoms with van der Waals surface area (Å²) in [5.41, 5.74) is 1.16. The van der Waals surface area contributed by atoms with Crippen LogP contribution >= 0.6 is 11.3 Å². The van der Waals surface area contributed by atoms with Gasteiger partial charge < -0.3 is 5.11 Å². The minimum absolute atomic E-state index is 0.114. The van der Waals surface area contributed by atoms with Crippen LogP contribution in [0.4, 0.5) is 0 Å². The summed E-state index contributed by atoms with van der Waals surface area (Å²) in [5, 5.41) is 10.5. The van der Waals surface area contributed by atoms with E-state index in [2.05, 4.69) is 0 Å². The van der Waals surface area contributed by atoms with E-state index in [1.54, 1.807) is 35.7 Å². The standard InChI is InChI=1S/C13H10O3S/c14-11(15)8-10-6-7-17-13(10)12(16)9-4-2-1-3-5-9/h1-7H,8H2,(H,14,15). The van der Waals surface area contributed by atoms with Crippen LogP contribution in [0.1, 0.15) is 20.8 Å². The third-order valence-electron chi connectivity index (χ3n) is 2.33. The van der Waals surface area contributed by atoms with Crippen LogP contribution in [-0.4, -0.2) is 16.9 Å². The Morgan fingerprint density at radius 3 is 2.47 bits per heavy atom. The number of carboxylic acids is 1. The van der Waals surface area contributed by atoms with Gasteiger partial charge in [0.1, 0.15) is 0 Å². The van der Waals surface area contributed by atoms with Gasteiger partial charge in [0, 0.05) is 5.56 Å². The molecule has 4 heteroatoms. The van der Waals surface area contributed by atoms with Gasteiger partial charge in [-0.05, 0) is 17.0 Å². The summed E-state index contributed by atoms with van der Waals surface area (Å²) in [6.45, 7) is 0. The average molecular weight is 246 g/mol. The topological polar surface area (TPSA) is 54.4 Å². The van der Waals surface area contributed by atoms with Crippen molar-refractivity contribution in [1.82, 2.24) is 0 Å². The van der Waals surface area contributed by atoms with Crippen molar-refractivity contribution in [2.24, 2.45) is 0 Å². The largest absolute Gasteiger partial charge is 0.481 e. The molecule has 86 valence electrons. The van der Waals surface area contributed by atoms with Crippen LogP contribution in [0.15, 0.2) is 41.8 Å². The van der Waals surface area contributed by atoms with Crippen molar-refractivity contribution in [3.05, 3.63) is 57.8 Å². The Hall–Kier alpha value is -1.94. The number of carbonyl (C=O) groups is 2. The first-order valence-electron chi connectivity index (χ1n) is 5.06. The third kappa shape index (κ3) is 2.60. The van der Waals surface area contributed by atoms with Crippen LogP contribution in [0.5, 0.6) is 0 Å². The smallest absolute Gasteiger partial charge is 0.307 e. The van der Waals surface area contributed by atoms with Crippen molar-refractivity contribution in [2.45, 2.75) is 6.42 Å². The summed E-state index contributed by atoms with van der Waals surface area (Å²) < 4.78 is 0. The zero-order valence-corrected chi connectivity index (χ0v) is 9.74. The number of carbonyl (C=O) groups excluding carboxylic acids is 1. The van der Waals surface area contributed by atoms with Gasteiger partial charge in [-0.2, -0.15) is 0 Å². The molecule has 3 nitrogen and oxygen atoms in total.